The van der Waals surface area contributed by atoms with Crippen LogP contribution in [0, 0.1) is 0 Å². The monoisotopic (exact) mass is 372 g/mol. The molecule has 0 aliphatic carbocycles. The summed E-state index contributed by atoms with van der Waals surface area (Å²) in [6.45, 7) is 6.89. The van der Waals surface area contributed by atoms with Crippen LogP contribution < -0.4 is 10.2 Å². The highest BCUT2D eigenvalue weighted by molar-refractivity contribution is 7.09. The number of aromatic nitrogens is 1. The summed E-state index contributed by atoms with van der Waals surface area (Å²) in [6, 6.07) is 8.25. The summed E-state index contributed by atoms with van der Waals surface area (Å²) in [5, 5.41) is 6.20. The fourth-order valence-electron chi connectivity index (χ4n) is 3.29. The fourth-order valence-corrected chi connectivity index (χ4v) is 4.13. The lowest BCUT2D eigenvalue weighted by Gasteiger charge is -2.25. The van der Waals surface area contributed by atoms with Crippen LogP contribution in [0.25, 0.3) is 0 Å². The first kappa shape index (κ1) is 18.7. The summed E-state index contributed by atoms with van der Waals surface area (Å²) in [5.41, 5.74) is 3.39. The van der Waals surface area contributed by atoms with E-state index in [0.29, 0.717) is 6.54 Å². The normalized spacial score (nSPS) is 15.1. The van der Waals surface area contributed by atoms with Crippen molar-refractivity contribution in [2.75, 3.05) is 25.0 Å². The summed E-state index contributed by atoms with van der Waals surface area (Å²) in [4.78, 5) is 21.4. The molecule has 2 aromatic rings. The van der Waals surface area contributed by atoms with Crippen molar-refractivity contribution in [2.45, 2.75) is 45.7 Å². The molecule has 1 aromatic carbocycles. The Morgan fingerprint density at radius 1 is 1.35 bits per heavy atom. The molecule has 1 unspecified atom stereocenters. The third kappa shape index (κ3) is 4.36. The second-order valence-corrected chi connectivity index (χ2v) is 7.81. The average Bonchev–Trinajstić information content (AvgIpc) is 3.33. The lowest BCUT2D eigenvalue weighted by molar-refractivity contribution is 0.203. The Morgan fingerprint density at radius 3 is 2.77 bits per heavy atom. The number of carbonyl (C=O) groups excluding carboxylic acids is 1. The molecule has 1 aromatic heterocycles. The second-order valence-electron chi connectivity index (χ2n) is 6.87. The molecule has 1 aliphatic heterocycles. The van der Waals surface area contributed by atoms with Crippen LogP contribution in [0.1, 0.15) is 49.0 Å². The van der Waals surface area contributed by atoms with Crippen LogP contribution in [0.3, 0.4) is 0 Å². The van der Waals surface area contributed by atoms with Crippen LogP contribution in [-0.4, -0.2) is 36.1 Å². The minimum atomic E-state index is -0.0877. The maximum absolute atomic E-state index is 12.6. The van der Waals surface area contributed by atoms with Crippen LogP contribution in [0.15, 0.2) is 29.6 Å². The second kappa shape index (κ2) is 8.54. The number of hydrogen-bond acceptors (Lipinski definition) is 4. The number of thiazole rings is 1. The van der Waals surface area contributed by atoms with E-state index in [1.807, 2.05) is 25.4 Å². The van der Waals surface area contributed by atoms with Crippen molar-refractivity contribution < 1.29 is 4.79 Å². The van der Waals surface area contributed by atoms with E-state index in [1.54, 1.807) is 16.2 Å². The summed E-state index contributed by atoms with van der Waals surface area (Å²) in [7, 11) is 1.85. The summed E-state index contributed by atoms with van der Waals surface area (Å²) < 4.78 is 0. The van der Waals surface area contributed by atoms with Crippen LogP contribution in [0.4, 0.5) is 10.5 Å². The number of amides is 2. The van der Waals surface area contributed by atoms with E-state index < -0.39 is 0 Å². The first-order valence-electron chi connectivity index (χ1n) is 9.37. The number of nitrogens with zero attached hydrogens (tertiary/aromatic N) is 3. The Labute approximate surface area is 160 Å². The molecule has 1 N–H and O–H groups in total. The molecule has 26 heavy (non-hydrogen) atoms. The quantitative estimate of drug-likeness (QED) is 0.826. The number of benzene rings is 1. The smallest absolute Gasteiger partial charge is 0.317 e. The highest BCUT2D eigenvalue weighted by Crippen LogP contribution is 2.25. The van der Waals surface area contributed by atoms with Crippen molar-refractivity contribution in [3.63, 3.8) is 0 Å². The molecular weight excluding hydrogens is 344 g/mol. The number of para-hydroxylation sites is 1. The molecular formula is C20H28N4OS. The van der Waals surface area contributed by atoms with Gasteiger partial charge in [0.25, 0.3) is 0 Å². The van der Waals surface area contributed by atoms with Crippen molar-refractivity contribution >= 4 is 23.1 Å². The Morgan fingerprint density at radius 2 is 2.08 bits per heavy atom. The van der Waals surface area contributed by atoms with E-state index in [1.165, 1.54) is 24.1 Å². The predicted molar refractivity (Wildman–Crippen MR) is 108 cm³/mol. The van der Waals surface area contributed by atoms with Gasteiger partial charge in [-0.25, -0.2) is 9.78 Å². The minimum Gasteiger partial charge on any atom is -0.371 e. The molecule has 0 spiro atoms. The number of hydrogen-bond donors (Lipinski definition) is 1. The SMILES string of the molecule is CCc1nc(C(C)NC(=O)N(C)Cc2ccccc2N2CCCC2)cs1. The van der Waals surface area contributed by atoms with E-state index in [9.17, 15) is 4.79 Å². The van der Waals surface area contributed by atoms with Crippen molar-refractivity contribution in [3.05, 3.63) is 45.9 Å². The Hall–Kier alpha value is -2.08. The van der Waals surface area contributed by atoms with Crippen LogP contribution in [-0.2, 0) is 13.0 Å². The maximum Gasteiger partial charge on any atom is 0.317 e. The molecule has 0 bridgehead atoms. The minimum absolute atomic E-state index is 0.0697. The topological polar surface area (TPSA) is 48.5 Å². The van der Waals surface area contributed by atoms with Gasteiger partial charge in [0, 0.05) is 37.7 Å². The van der Waals surface area contributed by atoms with Crippen molar-refractivity contribution in [3.8, 4) is 0 Å². The highest BCUT2D eigenvalue weighted by atomic mass is 32.1. The molecule has 3 rings (SSSR count). The van der Waals surface area contributed by atoms with Crippen molar-refractivity contribution in [2.24, 2.45) is 0 Å². The Balaban J connectivity index is 1.62. The lowest BCUT2D eigenvalue weighted by Crippen LogP contribution is -2.38. The molecule has 140 valence electrons. The molecule has 1 fully saturated rings. The number of nitrogens with one attached hydrogen (secondary N) is 1. The highest BCUT2D eigenvalue weighted by Gasteiger charge is 2.19. The number of anilines is 1. The number of rotatable bonds is 6. The third-order valence-electron chi connectivity index (χ3n) is 4.85. The van der Waals surface area contributed by atoms with Crippen LogP contribution >= 0.6 is 11.3 Å². The van der Waals surface area contributed by atoms with Crippen LogP contribution in [0.2, 0.25) is 0 Å². The van der Waals surface area contributed by atoms with Gasteiger partial charge in [0.05, 0.1) is 16.7 Å². The van der Waals surface area contributed by atoms with Crippen LogP contribution in [0.5, 0.6) is 0 Å². The Bertz CT molecular complexity index is 739. The van der Waals surface area contributed by atoms with E-state index in [-0.39, 0.29) is 12.1 Å². The lowest BCUT2D eigenvalue weighted by atomic mass is 10.1. The fraction of sp³-hybridized carbons (Fsp3) is 0.500. The van der Waals surface area contributed by atoms with Gasteiger partial charge in [0.2, 0.25) is 0 Å². The van der Waals surface area contributed by atoms with E-state index >= 15 is 0 Å². The average molecular weight is 373 g/mol. The molecule has 2 heterocycles. The first-order valence-corrected chi connectivity index (χ1v) is 10.2. The van der Waals surface area contributed by atoms with Gasteiger partial charge in [0.1, 0.15) is 0 Å². The largest absolute Gasteiger partial charge is 0.371 e. The summed E-state index contributed by atoms with van der Waals surface area (Å²) in [6.07, 6.45) is 3.42. The summed E-state index contributed by atoms with van der Waals surface area (Å²) >= 11 is 1.65. The third-order valence-corrected chi connectivity index (χ3v) is 5.86. The molecule has 0 radical (unpaired) electrons. The number of urea groups is 1. The molecule has 1 saturated heterocycles. The molecule has 6 heteroatoms. The summed E-state index contributed by atoms with van der Waals surface area (Å²) in [5.74, 6) is 0. The van der Waals surface area contributed by atoms with Gasteiger partial charge in [-0.2, -0.15) is 0 Å². The van der Waals surface area contributed by atoms with Gasteiger partial charge in [-0.1, -0.05) is 25.1 Å². The van der Waals surface area contributed by atoms with E-state index in [0.717, 1.165) is 30.2 Å². The molecule has 2 amide bonds. The predicted octanol–water partition coefficient (Wildman–Crippen LogP) is 4.21. The zero-order valence-electron chi connectivity index (χ0n) is 15.9. The number of carbonyl (C=O) groups is 1. The number of aryl methyl sites for hydroxylation is 1. The van der Waals surface area contributed by atoms with E-state index in [4.69, 9.17) is 0 Å². The standard InChI is InChI=1S/C20H28N4OS/c1-4-19-22-17(14-26-19)15(2)21-20(25)23(3)13-16-9-5-6-10-18(16)24-11-7-8-12-24/h5-6,9-10,14-15H,4,7-8,11-13H2,1-3H3,(H,21,25). The van der Waals surface area contributed by atoms with Gasteiger partial charge in [-0.15, -0.1) is 11.3 Å². The maximum atomic E-state index is 12.6. The molecule has 0 saturated carbocycles. The van der Waals surface area contributed by atoms with Gasteiger partial charge < -0.3 is 15.1 Å². The van der Waals surface area contributed by atoms with Gasteiger partial charge in [-0.3, -0.25) is 0 Å². The van der Waals surface area contributed by atoms with Crippen molar-refractivity contribution in [1.29, 1.82) is 0 Å². The molecule has 5 nitrogen and oxygen atoms in total. The first-order chi connectivity index (χ1) is 12.6. The van der Waals surface area contributed by atoms with E-state index in [2.05, 4.69) is 40.3 Å². The molecule has 1 atom stereocenters. The van der Waals surface area contributed by atoms with Gasteiger partial charge in [-0.05, 0) is 37.8 Å². The zero-order chi connectivity index (χ0) is 18.5. The Kier molecular flexibility index (Phi) is 6.14. The zero-order valence-corrected chi connectivity index (χ0v) is 16.7. The van der Waals surface area contributed by atoms with Gasteiger partial charge >= 0.3 is 6.03 Å². The molecule has 1 aliphatic rings. The van der Waals surface area contributed by atoms with Crippen molar-refractivity contribution in [1.82, 2.24) is 15.2 Å². The van der Waals surface area contributed by atoms with Gasteiger partial charge in [0.15, 0.2) is 0 Å².